The van der Waals surface area contributed by atoms with Crippen molar-refractivity contribution >= 4 is 28.4 Å². The molecular formula is C12H21IO. The molecule has 0 N–H and O–H groups in total. The van der Waals surface area contributed by atoms with Crippen LogP contribution in [0.2, 0.25) is 0 Å². The van der Waals surface area contributed by atoms with Crippen LogP contribution >= 0.6 is 22.6 Å². The summed E-state index contributed by atoms with van der Waals surface area (Å²) in [5.41, 5.74) is 0. The third kappa shape index (κ3) is 12.1. The van der Waals surface area contributed by atoms with Crippen molar-refractivity contribution < 1.29 is 4.79 Å². The van der Waals surface area contributed by atoms with E-state index in [1.54, 1.807) is 6.92 Å². The lowest BCUT2D eigenvalue weighted by Crippen LogP contribution is -1.89. The standard InChI is InChI=1S/C12H21IO/c1-12(14)10-8-6-4-2-3-5-7-9-11-13/h9,11H,2-8,10H2,1H3. The summed E-state index contributed by atoms with van der Waals surface area (Å²) < 4.78 is 2.09. The minimum Gasteiger partial charge on any atom is -0.300 e. The van der Waals surface area contributed by atoms with E-state index in [4.69, 9.17) is 0 Å². The molecule has 0 radical (unpaired) electrons. The predicted molar refractivity (Wildman–Crippen MR) is 70.8 cm³/mol. The van der Waals surface area contributed by atoms with E-state index in [1.165, 1.54) is 38.5 Å². The maximum absolute atomic E-state index is 10.6. The monoisotopic (exact) mass is 308 g/mol. The number of carbonyl (C=O) groups excluding carboxylic acids is 1. The van der Waals surface area contributed by atoms with Gasteiger partial charge in [0.1, 0.15) is 5.78 Å². The summed E-state index contributed by atoms with van der Waals surface area (Å²) >= 11 is 2.26. The summed E-state index contributed by atoms with van der Waals surface area (Å²) in [5.74, 6) is 0.331. The molecule has 82 valence electrons. The largest absolute Gasteiger partial charge is 0.300 e. The SMILES string of the molecule is CC(=O)CCCCCCCCC=CI. The molecule has 0 aliphatic carbocycles. The van der Waals surface area contributed by atoms with Crippen LogP contribution in [0.4, 0.5) is 0 Å². The summed E-state index contributed by atoms with van der Waals surface area (Å²) in [7, 11) is 0. The van der Waals surface area contributed by atoms with E-state index >= 15 is 0 Å². The molecule has 0 bridgehead atoms. The normalized spacial score (nSPS) is 11.0. The molecule has 0 fully saturated rings. The topological polar surface area (TPSA) is 17.1 Å². The molecule has 0 rings (SSSR count). The highest BCUT2D eigenvalue weighted by molar-refractivity contribution is 14.1. The van der Waals surface area contributed by atoms with Crippen molar-refractivity contribution in [3.8, 4) is 0 Å². The van der Waals surface area contributed by atoms with Crippen molar-refractivity contribution in [3.05, 3.63) is 10.2 Å². The molecule has 0 aliphatic rings. The highest BCUT2D eigenvalue weighted by Gasteiger charge is 1.93. The first-order chi connectivity index (χ1) is 6.77. The van der Waals surface area contributed by atoms with E-state index in [1.807, 2.05) is 0 Å². The molecule has 0 amide bonds. The maximum atomic E-state index is 10.6. The number of allylic oxidation sites excluding steroid dienone is 1. The average molecular weight is 308 g/mol. The van der Waals surface area contributed by atoms with Crippen molar-refractivity contribution in [2.45, 2.75) is 58.3 Å². The van der Waals surface area contributed by atoms with Crippen LogP contribution < -0.4 is 0 Å². The maximum Gasteiger partial charge on any atom is 0.129 e. The van der Waals surface area contributed by atoms with Gasteiger partial charge in [-0.15, -0.1) is 0 Å². The molecule has 0 aromatic carbocycles. The van der Waals surface area contributed by atoms with Gasteiger partial charge in [-0.3, -0.25) is 0 Å². The number of hydrogen-bond acceptors (Lipinski definition) is 1. The second kappa shape index (κ2) is 11.2. The Labute approximate surface area is 101 Å². The number of Topliss-reactive ketones (excluding diaryl/α,β-unsaturated/α-hetero) is 1. The van der Waals surface area contributed by atoms with Crippen LogP contribution in [0.5, 0.6) is 0 Å². The van der Waals surface area contributed by atoms with Gasteiger partial charge in [-0.05, 0) is 30.3 Å². The van der Waals surface area contributed by atoms with Crippen LogP contribution in [-0.2, 0) is 4.79 Å². The third-order valence-electron chi connectivity index (χ3n) is 2.24. The molecule has 2 heteroatoms. The van der Waals surface area contributed by atoms with Crippen molar-refractivity contribution in [2.24, 2.45) is 0 Å². The van der Waals surface area contributed by atoms with Crippen LogP contribution in [0, 0.1) is 0 Å². The van der Waals surface area contributed by atoms with E-state index < -0.39 is 0 Å². The first kappa shape index (κ1) is 14.1. The van der Waals surface area contributed by atoms with Gasteiger partial charge in [-0.2, -0.15) is 0 Å². The molecule has 0 aromatic heterocycles. The Morgan fingerprint density at radius 2 is 1.64 bits per heavy atom. The lowest BCUT2D eigenvalue weighted by atomic mass is 10.1. The van der Waals surface area contributed by atoms with Gasteiger partial charge in [0.05, 0.1) is 0 Å². The van der Waals surface area contributed by atoms with E-state index in [0.717, 1.165) is 12.8 Å². The van der Waals surface area contributed by atoms with E-state index in [-0.39, 0.29) is 0 Å². The Morgan fingerprint density at radius 1 is 1.07 bits per heavy atom. The second-order valence-electron chi connectivity index (χ2n) is 3.72. The highest BCUT2D eigenvalue weighted by atomic mass is 127. The number of unbranched alkanes of at least 4 members (excludes halogenated alkanes) is 6. The van der Waals surface area contributed by atoms with Crippen molar-refractivity contribution in [3.63, 3.8) is 0 Å². The predicted octanol–water partition coefficient (Wildman–Crippen LogP) is 4.64. The summed E-state index contributed by atoms with van der Waals surface area (Å²) in [6, 6.07) is 0. The van der Waals surface area contributed by atoms with Gasteiger partial charge in [-0.1, -0.05) is 54.4 Å². The van der Waals surface area contributed by atoms with Gasteiger partial charge in [0.25, 0.3) is 0 Å². The van der Waals surface area contributed by atoms with Crippen LogP contribution in [0.25, 0.3) is 0 Å². The van der Waals surface area contributed by atoms with Gasteiger partial charge in [-0.25, -0.2) is 0 Å². The van der Waals surface area contributed by atoms with Crippen molar-refractivity contribution in [1.29, 1.82) is 0 Å². The minimum absolute atomic E-state index is 0.331. The molecule has 1 nitrogen and oxygen atoms in total. The molecule has 0 saturated heterocycles. The van der Waals surface area contributed by atoms with Gasteiger partial charge in [0, 0.05) is 6.42 Å². The van der Waals surface area contributed by atoms with Crippen molar-refractivity contribution in [1.82, 2.24) is 0 Å². The van der Waals surface area contributed by atoms with Gasteiger partial charge in [0.15, 0.2) is 0 Å². The molecule has 0 atom stereocenters. The van der Waals surface area contributed by atoms with E-state index in [2.05, 4.69) is 32.7 Å². The van der Waals surface area contributed by atoms with Gasteiger partial charge >= 0.3 is 0 Å². The molecule has 0 spiro atoms. The smallest absolute Gasteiger partial charge is 0.129 e. The van der Waals surface area contributed by atoms with Crippen LogP contribution in [0.1, 0.15) is 58.3 Å². The quantitative estimate of drug-likeness (QED) is 0.448. The Bertz CT molecular complexity index is 164. The Kier molecular flexibility index (Phi) is 11.3. The number of ketones is 1. The number of carbonyl (C=O) groups is 1. The lowest BCUT2D eigenvalue weighted by molar-refractivity contribution is -0.117. The fourth-order valence-corrected chi connectivity index (χ4v) is 1.77. The number of halogens is 1. The highest BCUT2D eigenvalue weighted by Crippen LogP contribution is 2.09. The zero-order chi connectivity index (χ0) is 10.6. The van der Waals surface area contributed by atoms with Crippen LogP contribution in [0.3, 0.4) is 0 Å². The number of rotatable bonds is 9. The van der Waals surface area contributed by atoms with Crippen LogP contribution in [0.15, 0.2) is 10.2 Å². The van der Waals surface area contributed by atoms with Gasteiger partial charge < -0.3 is 4.79 Å². The lowest BCUT2D eigenvalue weighted by Gasteiger charge is -1.99. The van der Waals surface area contributed by atoms with E-state index in [0.29, 0.717) is 5.78 Å². The Balaban J connectivity index is 2.95. The molecule has 0 aromatic rings. The molecule has 0 heterocycles. The third-order valence-corrected chi connectivity index (χ3v) is 2.75. The Morgan fingerprint density at radius 3 is 2.21 bits per heavy atom. The Hall–Kier alpha value is 0.140. The van der Waals surface area contributed by atoms with Gasteiger partial charge in [0.2, 0.25) is 0 Å². The molecule has 0 unspecified atom stereocenters. The molecule has 0 saturated carbocycles. The van der Waals surface area contributed by atoms with Crippen molar-refractivity contribution in [2.75, 3.05) is 0 Å². The van der Waals surface area contributed by atoms with E-state index in [9.17, 15) is 4.79 Å². The molecular weight excluding hydrogens is 287 g/mol. The zero-order valence-corrected chi connectivity index (χ0v) is 11.3. The summed E-state index contributed by atoms with van der Waals surface area (Å²) in [6.07, 6.45) is 11.8. The average Bonchev–Trinajstić information content (AvgIpc) is 2.15. The summed E-state index contributed by atoms with van der Waals surface area (Å²) in [5, 5.41) is 0. The molecule has 14 heavy (non-hydrogen) atoms. The van der Waals surface area contributed by atoms with Crippen LogP contribution in [-0.4, -0.2) is 5.78 Å². The fourth-order valence-electron chi connectivity index (χ4n) is 1.41. The second-order valence-corrected chi connectivity index (χ2v) is 4.44. The summed E-state index contributed by atoms with van der Waals surface area (Å²) in [4.78, 5) is 10.6. The zero-order valence-electron chi connectivity index (χ0n) is 9.10. The summed E-state index contributed by atoms with van der Waals surface area (Å²) in [6.45, 7) is 1.68. The first-order valence-electron chi connectivity index (χ1n) is 5.52. The fraction of sp³-hybridized carbons (Fsp3) is 0.750. The first-order valence-corrected chi connectivity index (χ1v) is 6.76. The minimum atomic E-state index is 0.331. The number of hydrogen-bond donors (Lipinski definition) is 0. The molecule has 0 aliphatic heterocycles.